The van der Waals surface area contributed by atoms with Gasteiger partial charge in [0.1, 0.15) is 5.75 Å². The molecule has 4 heteroatoms. The van der Waals surface area contributed by atoms with Gasteiger partial charge >= 0.3 is 0 Å². The van der Waals surface area contributed by atoms with E-state index in [0.717, 1.165) is 57.8 Å². The summed E-state index contributed by atoms with van der Waals surface area (Å²) in [4.78, 5) is 2.26. The van der Waals surface area contributed by atoms with Gasteiger partial charge < -0.3 is 20.1 Å². The number of anilines is 1. The molecular weight excluding hydrogens is 252 g/mol. The molecule has 0 saturated heterocycles. The van der Waals surface area contributed by atoms with Crippen LogP contribution in [-0.2, 0) is 6.42 Å². The van der Waals surface area contributed by atoms with Crippen molar-refractivity contribution < 1.29 is 9.84 Å². The molecule has 0 aromatic heterocycles. The van der Waals surface area contributed by atoms with Crippen LogP contribution in [0.2, 0.25) is 0 Å². The first-order chi connectivity index (χ1) is 9.83. The number of hydrogen-bond acceptors (Lipinski definition) is 4. The Morgan fingerprint density at radius 1 is 1.30 bits per heavy atom. The Labute approximate surface area is 121 Å². The molecule has 0 fully saturated rings. The van der Waals surface area contributed by atoms with Crippen LogP contribution in [-0.4, -0.2) is 49.4 Å². The Balaban J connectivity index is 1.63. The molecule has 0 saturated carbocycles. The van der Waals surface area contributed by atoms with Gasteiger partial charge in [-0.25, -0.2) is 0 Å². The van der Waals surface area contributed by atoms with Crippen LogP contribution in [0.15, 0.2) is 18.2 Å². The van der Waals surface area contributed by atoms with E-state index in [-0.39, 0.29) is 6.61 Å². The molecule has 0 unspecified atom stereocenters. The van der Waals surface area contributed by atoms with Crippen LogP contribution >= 0.6 is 0 Å². The highest BCUT2D eigenvalue weighted by Crippen LogP contribution is 2.26. The van der Waals surface area contributed by atoms with Crippen LogP contribution in [0.4, 0.5) is 5.69 Å². The maximum absolute atomic E-state index is 8.92. The average Bonchev–Trinajstić information content (AvgIpc) is 2.93. The molecule has 1 heterocycles. The van der Waals surface area contributed by atoms with Gasteiger partial charge in [0.25, 0.3) is 0 Å². The fourth-order valence-electron chi connectivity index (χ4n) is 2.57. The van der Waals surface area contributed by atoms with Crippen LogP contribution in [0.5, 0.6) is 5.75 Å². The van der Waals surface area contributed by atoms with Gasteiger partial charge in [0.2, 0.25) is 0 Å². The summed E-state index contributed by atoms with van der Waals surface area (Å²) < 4.78 is 5.81. The lowest BCUT2D eigenvalue weighted by molar-refractivity contribution is 0.195. The van der Waals surface area contributed by atoms with Gasteiger partial charge in [0, 0.05) is 18.8 Å². The Morgan fingerprint density at radius 3 is 3.00 bits per heavy atom. The highest BCUT2D eigenvalue weighted by Gasteiger charge is 2.10. The number of nitrogens with zero attached hydrogens (tertiary/aromatic N) is 1. The SMILES string of the molecule is CCN(CCO)CCCCOc1ccc2c(c1)CCN2. The standard InChI is InChI=1S/C16H26N2O2/c1-2-18(10-11-19)9-3-4-12-20-15-5-6-16-14(13-15)7-8-17-16/h5-6,13,17,19H,2-4,7-12H2,1H3. The van der Waals surface area contributed by atoms with Crippen molar-refractivity contribution in [3.8, 4) is 5.75 Å². The van der Waals surface area contributed by atoms with Crippen LogP contribution in [0.25, 0.3) is 0 Å². The predicted molar refractivity (Wildman–Crippen MR) is 82.6 cm³/mol. The van der Waals surface area contributed by atoms with E-state index >= 15 is 0 Å². The Bertz CT molecular complexity index is 409. The van der Waals surface area contributed by atoms with E-state index in [1.54, 1.807) is 0 Å². The molecule has 1 aromatic carbocycles. The van der Waals surface area contributed by atoms with Crippen molar-refractivity contribution in [1.29, 1.82) is 0 Å². The number of benzene rings is 1. The number of ether oxygens (including phenoxy) is 1. The molecule has 4 nitrogen and oxygen atoms in total. The largest absolute Gasteiger partial charge is 0.494 e. The van der Waals surface area contributed by atoms with Crippen LogP contribution in [0.1, 0.15) is 25.3 Å². The summed E-state index contributed by atoms with van der Waals surface area (Å²) in [5.74, 6) is 0.982. The topological polar surface area (TPSA) is 44.7 Å². The minimum absolute atomic E-state index is 0.244. The van der Waals surface area contributed by atoms with Gasteiger partial charge in [-0.2, -0.15) is 0 Å². The zero-order valence-corrected chi connectivity index (χ0v) is 12.4. The van der Waals surface area contributed by atoms with Gasteiger partial charge in [-0.1, -0.05) is 6.92 Å². The van der Waals surface area contributed by atoms with Gasteiger partial charge in [0.05, 0.1) is 13.2 Å². The number of unbranched alkanes of at least 4 members (excludes halogenated alkanes) is 1. The van der Waals surface area contributed by atoms with Gasteiger partial charge in [-0.3, -0.25) is 0 Å². The highest BCUT2D eigenvalue weighted by atomic mass is 16.5. The quantitative estimate of drug-likeness (QED) is 0.679. The van der Waals surface area contributed by atoms with Crippen molar-refractivity contribution in [2.75, 3.05) is 44.7 Å². The minimum Gasteiger partial charge on any atom is -0.494 e. The molecule has 1 aromatic rings. The smallest absolute Gasteiger partial charge is 0.119 e. The van der Waals surface area contributed by atoms with E-state index < -0.39 is 0 Å². The number of nitrogens with one attached hydrogen (secondary N) is 1. The molecule has 1 aliphatic rings. The summed E-state index contributed by atoms with van der Waals surface area (Å²) in [5.41, 5.74) is 2.61. The third-order valence-corrected chi connectivity index (χ3v) is 3.79. The predicted octanol–water partition coefficient (Wildman–Crippen LogP) is 2.13. The summed E-state index contributed by atoms with van der Waals surface area (Å²) in [6, 6.07) is 6.30. The first-order valence-electron chi connectivity index (χ1n) is 7.66. The fraction of sp³-hybridized carbons (Fsp3) is 0.625. The maximum Gasteiger partial charge on any atom is 0.119 e. The van der Waals surface area contributed by atoms with Crippen molar-refractivity contribution in [2.24, 2.45) is 0 Å². The molecule has 0 radical (unpaired) electrons. The van der Waals surface area contributed by atoms with Crippen molar-refractivity contribution in [3.05, 3.63) is 23.8 Å². The molecule has 0 aliphatic carbocycles. The van der Waals surface area contributed by atoms with E-state index in [1.165, 1.54) is 11.3 Å². The number of rotatable bonds is 9. The molecule has 2 rings (SSSR count). The molecule has 0 atom stereocenters. The number of likely N-dealkylation sites (N-methyl/N-ethyl adjacent to an activating group) is 1. The molecule has 0 bridgehead atoms. The van der Waals surface area contributed by atoms with E-state index in [4.69, 9.17) is 9.84 Å². The molecule has 20 heavy (non-hydrogen) atoms. The summed E-state index contributed by atoms with van der Waals surface area (Å²) in [6.07, 6.45) is 3.26. The molecule has 0 amide bonds. The third kappa shape index (κ3) is 4.39. The van der Waals surface area contributed by atoms with Gasteiger partial charge in [0.15, 0.2) is 0 Å². The first-order valence-corrected chi connectivity index (χ1v) is 7.66. The highest BCUT2D eigenvalue weighted by molar-refractivity contribution is 5.57. The van der Waals surface area contributed by atoms with E-state index in [9.17, 15) is 0 Å². The fourth-order valence-corrected chi connectivity index (χ4v) is 2.57. The summed E-state index contributed by atoms with van der Waals surface area (Å²) in [7, 11) is 0. The third-order valence-electron chi connectivity index (χ3n) is 3.79. The van der Waals surface area contributed by atoms with Gasteiger partial charge in [-0.15, -0.1) is 0 Å². The van der Waals surface area contributed by atoms with Crippen molar-refractivity contribution in [1.82, 2.24) is 4.90 Å². The second-order valence-corrected chi connectivity index (χ2v) is 5.21. The zero-order chi connectivity index (χ0) is 14.2. The molecule has 0 spiro atoms. The van der Waals surface area contributed by atoms with E-state index in [1.807, 2.05) is 6.07 Å². The second-order valence-electron chi connectivity index (χ2n) is 5.21. The van der Waals surface area contributed by atoms with Crippen LogP contribution in [0, 0.1) is 0 Å². The van der Waals surface area contributed by atoms with Crippen molar-refractivity contribution in [2.45, 2.75) is 26.2 Å². The lowest BCUT2D eigenvalue weighted by Crippen LogP contribution is -2.27. The number of aliphatic hydroxyl groups is 1. The van der Waals surface area contributed by atoms with E-state index in [2.05, 4.69) is 29.3 Å². The maximum atomic E-state index is 8.92. The molecule has 112 valence electrons. The van der Waals surface area contributed by atoms with Gasteiger partial charge in [-0.05, 0) is 56.1 Å². The van der Waals surface area contributed by atoms with Crippen molar-refractivity contribution >= 4 is 5.69 Å². The molecule has 2 N–H and O–H groups in total. The van der Waals surface area contributed by atoms with E-state index in [0.29, 0.717) is 0 Å². The van der Waals surface area contributed by atoms with Crippen molar-refractivity contribution in [3.63, 3.8) is 0 Å². The average molecular weight is 278 g/mol. The number of aliphatic hydroxyl groups excluding tert-OH is 1. The van der Waals surface area contributed by atoms with Crippen LogP contribution in [0.3, 0.4) is 0 Å². The Kier molecular flexibility index (Phi) is 6.15. The monoisotopic (exact) mass is 278 g/mol. The summed E-state index contributed by atoms with van der Waals surface area (Å²) in [5, 5.41) is 12.3. The summed E-state index contributed by atoms with van der Waals surface area (Å²) in [6.45, 7) is 6.99. The second kappa shape index (κ2) is 8.12. The number of hydrogen-bond donors (Lipinski definition) is 2. The lowest BCUT2D eigenvalue weighted by Gasteiger charge is -2.18. The zero-order valence-electron chi connectivity index (χ0n) is 12.4. The summed E-state index contributed by atoms with van der Waals surface area (Å²) >= 11 is 0. The molecular formula is C16H26N2O2. The normalized spacial score (nSPS) is 13.3. The molecule has 1 aliphatic heterocycles. The first kappa shape index (κ1) is 15.1. The number of fused-ring (bicyclic) bond motifs is 1. The Hall–Kier alpha value is -1.26. The minimum atomic E-state index is 0.244. The van der Waals surface area contributed by atoms with Crippen LogP contribution < -0.4 is 10.1 Å². The Morgan fingerprint density at radius 2 is 2.20 bits per heavy atom. The lowest BCUT2D eigenvalue weighted by atomic mass is 10.1.